The van der Waals surface area contributed by atoms with Crippen molar-refractivity contribution < 1.29 is 31.1 Å². The molecule has 11 heteroatoms. The molecule has 2 aromatic carbocycles. The molecular formula is C23H25F3N2O4S2. The standard InChI is InChI=1S/C23H25F3N2O4S2/c1-17-20-4-2-3-5-21(20)33-22(17)28(34(29,30)15-12-27-10-13-31-14-11-27)16-18-6-8-19(9-7-18)32-23(24,25)26/h2-9H,10-16H2,1H3. The predicted molar refractivity (Wildman–Crippen MR) is 127 cm³/mol. The van der Waals surface area contributed by atoms with Crippen LogP contribution in [0.5, 0.6) is 5.75 Å². The van der Waals surface area contributed by atoms with E-state index in [4.69, 9.17) is 4.74 Å². The summed E-state index contributed by atoms with van der Waals surface area (Å²) >= 11 is 1.39. The van der Waals surface area contributed by atoms with E-state index in [1.54, 1.807) is 0 Å². The molecule has 6 nitrogen and oxygen atoms in total. The van der Waals surface area contributed by atoms with Crippen LogP contribution >= 0.6 is 11.3 Å². The third-order valence-electron chi connectivity index (χ3n) is 5.63. The topological polar surface area (TPSA) is 59.1 Å². The van der Waals surface area contributed by atoms with Crippen LogP contribution in [0, 0.1) is 6.92 Å². The number of rotatable bonds is 8. The minimum Gasteiger partial charge on any atom is -0.406 e. The van der Waals surface area contributed by atoms with Gasteiger partial charge in [0, 0.05) is 24.3 Å². The summed E-state index contributed by atoms with van der Waals surface area (Å²) in [6.07, 6.45) is -4.79. The Bertz CT molecular complexity index is 1220. The number of hydrogen-bond acceptors (Lipinski definition) is 6. The Labute approximate surface area is 200 Å². The van der Waals surface area contributed by atoms with Crippen molar-refractivity contribution in [3.8, 4) is 5.75 Å². The molecule has 0 amide bonds. The van der Waals surface area contributed by atoms with E-state index in [1.807, 2.05) is 31.2 Å². The van der Waals surface area contributed by atoms with E-state index in [-0.39, 0.29) is 18.0 Å². The molecule has 2 heterocycles. The van der Waals surface area contributed by atoms with E-state index in [9.17, 15) is 21.6 Å². The van der Waals surface area contributed by atoms with Gasteiger partial charge in [-0.1, -0.05) is 30.3 Å². The largest absolute Gasteiger partial charge is 0.573 e. The van der Waals surface area contributed by atoms with Crippen molar-refractivity contribution in [2.45, 2.75) is 19.8 Å². The summed E-state index contributed by atoms with van der Waals surface area (Å²) in [6.45, 7) is 4.78. The molecule has 1 aliphatic rings. The number of thiophene rings is 1. The van der Waals surface area contributed by atoms with Crippen molar-refractivity contribution in [1.29, 1.82) is 0 Å². The fourth-order valence-corrected chi connectivity index (χ4v) is 6.85. The van der Waals surface area contributed by atoms with Crippen molar-refractivity contribution in [3.63, 3.8) is 0 Å². The number of anilines is 1. The number of benzene rings is 2. The first kappa shape index (κ1) is 24.8. The van der Waals surface area contributed by atoms with E-state index < -0.39 is 16.4 Å². The summed E-state index contributed by atoms with van der Waals surface area (Å²) < 4.78 is 76.2. The molecule has 34 heavy (non-hydrogen) atoms. The quantitative estimate of drug-likeness (QED) is 0.433. The molecule has 0 radical (unpaired) electrons. The lowest BCUT2D eigenvalue weighted by atomic mass is 10.2. The smallest absolute Gasteiger partial charge is 0.406 e. The first-order chi connectivity index (χ1) is 16.1. The van der Waals surface area contributed by atoms with Gasteiger partial charge < -0.3 is 9.47 Å². The molecule has 0 saturated carbocycles. The number of alkyl halides is 3. The average Bonchev–Trinajstić information content (AvgIpc) is 3.13. The molecule has 0 unspecified atom stereocenters. The van der Waals surface area contributed by atoms with Gasteiger partial charge >= 0.3 is 6.36 Å². The Morgan fingerprint density at radius 1 is 1.09 bits per heavy atom. The van der Waals surface area contributed by atoms with E-state index >= 15 is 0 Å². The Morgan fingerprint density at radius 3 is 2.41 bits per heavy atom. The van der Waals surface area contributed by atoms with Crippen molar-refractivity contribution in [2.75, 3.05) is 42.9 Å². The second-order valence-corrected chi connectivity index (χ2v) is 11.0. The molecule has 1 aromatic heterocycles. The molecule has 0 aliphatic carbocycles. The maximum absolute atomic E-state index is 13.6. The molecule has 0 atom stereocenters. The van der Waals surface area contributed by atoms with Crippen LogP contribution in [0.15, 0.2) is 48.5 Å². The highest BCUT2D eigenvalue weighted by Crippen LogP contribution is 2.39. The Kier molecular flexibility index (Phi) is 7.36. The molecule has 1 aliphatic heterocycles. The van der Waals surface area contributed by atoms with Crippen LogP contribution in [0.3, 0.4) is 0 Å². The highest BCUT2D eigenvalue weighted by molar-refractivity contribution is 7.93. The molecule has 0 bridgehead atoms. The first-order valence-electron chi connectivity index (χ1n) is 10.8. The van der Waals surface area contributed by atoms with Gasteiger partial charge in [0.2, 0.25) is 10.0 Å². The number of nitrogens with zero attached hydrogens (tertiary/aromatic N) is 2. The lowest BCUT2D eigenvalue weighted by Gasteiger charge is -2.29. The van der Waals surface area contributed by atoms with Crippen LogP contribution in [-0.2, 0) is 21.3 Å². The summed E-state index contributed by atoms with van der Waals surface area (Å²) in [5.74, 6) is -0.424. The van der Waals surface area contributed by atoms with Gasteiger partial charge in [-0.2, -0.15) is 0 Å². The van der Waals surface area contributed by atoms with Crippen LogP contribution in [0.25, 0.3) is 10.1 Å². The zero-order chi connectivity index (χ0) is 24.3. The maximum atomic E-state index is 13.6. The van der Waals surface area contributed by atoms with Gasteiger partial charge in [0.25, 0.3) is 0 Å². The SMILES string of the molecule is Cc1c(N(Cc2ccc(OC(F)(F)F)cc2)S(=O)(=O)CCN2CCOCC2)sc2ccccc12. The number of hydrogen-bond donors (Lipinski definition) is 0. The van der Waals surface area contributed by atoms with Crippen molar-refractivity contribution in [2.24, 2.45) is 0 Å². The second-order valence-electron chi connectivity index (χ2n) is 8.00. The molecule has 0 spiro atoms. The van der Waals surface area contributed by atoms with Crippen LogP contribution < -0.4 is 9.04 Å². The number of fused-ring (bicyclic) bond motifs is 1. The molecule has 4 rings (SSSR count). The Morgan fingerprint density at radius 2 is 1.76 bits per heavy atom. The molecule has 0 N–H and O–H groups in total. The highest BCUT2D eigenvalue weighted by atomic mass is 32.2. The minimum atomic E-state index is -4.79. The van der Waals surface area contributed by atoms with E-state index in [1.165, 1.54) is 39.9 Å². The van der Waals surface area contributed by atoms with Crippen molar-refractivity contribution in [3.05, 3.63) is 59.7 Å². The molecule has 184 valence electrons. The number of ether oxygens (including phenoxy) is 2. The lowest BCUT2D eigenvalue weighted by molar-refractivity contribution is -0.274. The van der Waals surface area contributed by atoms with E-state index in [2.05, 4.69) is 9.64 Å². The zero-order valence-electron chi connectivity index (χ0n) is 18.5. The molecule has 1 fully saturated rings. The monoisotopic (exact) mass is 514 g/mol. The van der Waals surface area contributed by atoms with E-state index in [0.29, 0.717) is 43.4 Å². The van der Waals surface area contributed by atoms with Gasteiger partial charge in [0.15, 0.2) is 0 Å². The number of morpholine rings is 1. The maximum Gasteiger partial charge on any atom is 0.573 e. The highest BCUT2D eigenvalue weighted by Gasteiger charge is 2.31. The minimum absolute atomic E-state index is 0.00536. The lowest BCUT2D eigenvalue weighted by Crippen LogP contribution is -2.42. The van der Waals surface area contributed by atoms with Crippen LogP contribution in [0.1, 0.15) is 11.1 Å². The number of halogens is 3. The first-order valence-corrected chi connectivity index (χ1v) is 13.2. The second kappa shape index (κ2) is 10.1. The summed E-state index contributed by atoms with van der Waals surface area (Å²) in [6, 6.07) is 13.0. The van der Waals surface area contributed by atoms with Crippen LogP contribution in [0.4, 0.5) is 18.2 Å². The predicted octanol–water partition coefficient (Wildman–Crippen LogP) is 4.78. The van der Waals surface area contributed by atoms with Gasteiger partial charge in [-0.15, -0.1) is 24.5 Å². The normalized spacial score (nSPS) is 15.5. The number of aryl methyl sites for hydroxylation is 1. The van der Waals surface area contributed by atoms with Gasteiger partial charge in [-0.05, 0) is 41.6 Å². The summed E-state index contributed by atoms with van der Waals surface area (Å²) in [5.41, 5.74) is 1.41. The van der Waals surface area contributed by atoms with Crippen molar-refractivity contribution >= 4 is 36.4 Å². The third-order valence-corrected chi connectivity index (χ3v) is 8.73. The summed E-state index contributed by atoms with van der Waals surface area (Å²) in [4.78, 5) is 2.06. The van der Waals surface area contributed by atoms with Crippen molar-refractivity contribution in [1.82, 2.24) is 4.90 Å². The average molecular weight is 515 g/mol. The third kappa shape index (κ3) is 6.01. The van der Waals surface area contributed by atoms with E-state index in [0.717, 1.165) is 15.6 Å². The fraction of sp³-hybridized carbons (Fsp3) is 0.391. The Balaban J connectivity index is 1.62. The summed E-state index contributed by atoms with van der Waals surface area (Å²) in [7, 11) is -3.73. The van der Waals surface area contributed by atoms with Gasteiger partial charge in [-0.25, -0.2) is 8.42 Å². The van der Waals surface area contributed by atoms with Crippen LogP contribution in [0.2, 0.25) is 0 Å². The fourth-order valence-electron chi connectivity index (χ4n) is 3.84. The van der Waals surface area contributed by atoms with Gasteiger partial charge in [-0.3, -0.25) is 9.21 Å². The molecule has 3 aromatic rings. The van der Waals surface area contributed by atoms with Gasteiger partial charge in [0.1, 0.15) is 10.8 Å². The van der Waals surface area contributed by atoms with Crippen LogP contribution in [-0.4, -0.2) is 58.3 Å². The molecule has 1 saturated heterocycles. The zero-order valence-corrected chi connectivity index (χ0v) is 20.2. The molecular weight excluding hydrogens is 489 g/mol. The number of sulfonamides is 1. The summed E-state index contributed by atoms with van der Waals surface area (Å²) in [5, 5.41) is 1.59. The van der Waals surface area contributed by atoms with Gasteiger partial charge in [0.05, 0.1) is 25.5 Å². The Hall–Kier alpha value is -2.34.